The normalized spacial score (nSPS) is 17.4. The summed E-state index contributed by atoms with van der Waals surface area (Å²) in [7, 11) is 4.11. The smallest absolute Gasteiger partial charge is 0.235 e. The molecule has 0 unspecified atom stereocenters. The average Bonchev–Trinajstić information content (AvgIpc) is 2.24. The van der Waals surface area contributed by atoms with Gasteiger partial charge in [-0.3, -0.25) is 0 Å². The van der Waals surface area contributed by atoms with Crippen LogP contribution >= 0.6 is 0 Å². The van der Waals surface area contributed by atoms with Crippen LogP contribution in [0, 0.1) is 0 Å². The van der Waals surface area contributed by atoms with Crippen LogP contribution in [-0.2, 0) is 16.9 Å². The molecule has 0 bridgehead atoms. The van der Waals surface area contributed by atoms with Crippen molar-refractivity contribution in [3.8, 4) is 0 Å². The third-order valence-electron chi connectivity index (χ3n) is 3.43. The van der Waals surface area contributed by atoms with E-state index < -0.39 is 0 Å². The number of hydrogen-bond acceptors (Lipinski definition) is 3. The van der Waals surface area contributed by atoms with Crippen LogP contribution in [0.4, 0.5) is 0 Å². The topological polar surface area (TPSA) is 32.7 Å². The largest absolute Gasteiger partial charge is 0.305 e. The molecule has 0 N–H and O–H groups in total. The van der Waals surface area contributed by atoms with Gasteiger partial charge in [0.1, 0.15) is 0 Å². The Bertz CT molecular complexity index is 426. The van der Waals surface area contributed by atoms with Gasteiger partial charge in [-0.25, -0.2) is 4.79 Å². The minimum absolute atomic E-state index is 0.265. The third-order valence-corrected chi connectivity index (χ3v) is 3.43. The fraction of sp³-hybridized carbons (Fsp3) is 0.500. The highest BCUT2D eigenvalue weighted by atomic mass is 16.1. The lowest BCUT2D eigenvalue weighted by molar-refractivity contribution is 0.256. The Hall–Kier alpha value is -1.44. The van der Waals surface area contributed by atoms with Crippen molar-refractivity contribution in [3.05, 3.63) is 35.4 Å². The Labute approximate surface area is 102 Å². The quantitative estimate of drug-likeness (QED) is 0.588. The first-order valence-corrected chi connectivity index (χ1v) is 5.99. The van der Waals surface area contributed by atoms with E-state index in [0.29, 0.717) is 0 Å². The summed E-state index contributed by atoms with van der Waals surface area (Å²) < 4.78 is 0. The van der Waals surface area contributed by atoms with E-state index in [1.54, 1.807) is 6.08 Å². The van der Waals surface area contributed by atoms with Crippen molar-refractivity contribution in [3.63, 3.8) is 0 Å². The van der Waals surface area contributed by atoms with Gasteiger partial charge in [0.15, 0.2) is 0 Å². The first kappa shape index (κ1) is 12.0. The van der Waals surface area contributed by atoms with E-state index in [9.17, 15) is 4.79 Å². The second-order valence-electron chi connectivity index (χ2n) is 5.02. The van der Waals surface area contributed by atoms with Crippen LogP contribution in [0.15, 0.2) is 29.3 Å². The molecular formula is C14H18N2O. The Morgan fingerprint density at radius 1 is 1.29 bits per heavy atom. The summed E-state index contributed by atoms with van der Waals surface area (Å²) in [6.45, 7) is 0.935. The first-order chi connectivity index (χ1) is 8.16. The van der Waals surface area contributed by atoms with Crippen LogP contribution in [0.2, 0.25) is 0 Å². The maximum absolute atomic E-state index is 10.5. The number of carbonyl (C=O) groups excluding carboxylic acids is 1. The molecule has 3 heteroatoms. The number of nitrogens with zero attached hydrogens (tertiary/aromatic N) is 2. The molecule has 0 spiro atoms. The minimum Gasteiger partial charge on any atom is -0.305 e. The highest BCUT2D eigenvalue weighted by Gasteiger charge is 2.38. The number of benzene rings is 1. The summed E-state index contributed by atoms with van der Waals surface area (Å²) in [6, 6.07) is 8.43. The van der Waals surface area contributed by atoms with Crippen LogP contribution in [0.25, 0.3) is 0 Å². The van der Waals surface area contributed by atoms with Gasteiger partial charge < -0.3 is 4.90 Å². The van der Waals surface area contributed by atoms with Gasteiger partial charge in [0.05, 0.1) is 5.54 Å². The molecule has 1 saturated carbocycles. The number of hydrogen-bond donors (Lipinski definition) is 0. The fourth-order valence-corrected chi connectivity index (χ4v) is 2.35. The van der Waals surface area contributed by atoms with Gasteiger partial charge in [0.25, 0.3) is 0 Å². The molecule has 2 rings (SSSR count). The molecule has 3 nitrogen and oxygen atoms in total. The van der Waals surface area contributed by atoms with E-state index in [0.717, 1.165) is 31.4 Å². The lowest BCUT2D eigenvalue weighted by atomic mass is 9.72. The SMILES string of the molecule is CN(C)Cc1ccc(C2(N=C=O)CCC2)cc1. The molecule has 90 valence electrons. The van der Waals surface area contributed by atoms with Crippen molar-refractivity contribution < 1.29 is 4.79 Å². The van der Waals surface area contributed by atoms with Crippen molar-refractivity contribution in [2.75, 3.05) is 14.1 Å². The summed E-state index contributed by atoms with van der Waals surface area (Å²) in [5, 5.41) is 0. The molecule has 1 fully saturated rings. The van der Waals surface area contributed by atoms with Crippen molar-refractivity contribution in [2.45, 2.75) is 31.3 Å². The molecule has 0 saturated heterocycles. The van der Waals surface area contributed by atoms with Gasteiger partial charge in [0, 0.05) is 6.54 Å². The van der Waals surface area contributed by atoms with Crippen LogP contribution in [0.1, 0.15) is 30.4 Å². The van der Waals surface area contributed by atoms with E-state index in [1.807, 2.05) is 0 Å². The van der Waals surface area contributed by atoms with Gasteiger partial charge in [-0.1, -0.05) is 24.3 Å². The molecule has 0 amide bonds. The molecule has 17 heavy (non-hydrogen) atoms. The van der Waals surface area contributed by atoms with Crippen LogP contribution in [0.3, 0.4) is 0 Å². The Morgan fingerprint density at radius 3 is 2.35 bits per heavy atom. The molecule has 1 aliphatic carbocycles. The fourth-order valence-electron chi connectivity index (χ4n) is 2.35. The number of rotatable bonds is 4. The molecule has 1 aromatic rings. The van der Waals surface area contributed by atoms with Crippen molar-refractivity contribution >= 4 is 6.08 Å². The average molecular weight is 230 g/mol. The standard InChI is InChI=1S/C14H18N2O/c1-16(2)10-12-4-6-13(7-5-12)14(15-11-17)8-3-9-14/h4-7H,3,8-10H2,1-2H3. The van der Waals surface area contributed by atoms with E-state index in [-0.39, 0.29) is 5.54 Å². The van der Waals surface area contributed by atoms with Crippen molar-refractivity contribution in [2.24, 2.45) is 4.99 Å². The van der Waals surface area contributed by atoms with E-state index >= 15 is 0 Å². The van der Waals surface area contributed by atoms with Crippen LogP contribution in [0.5, 0.6) is 0 Å². The summed E-state index contributed by atoms with van der Waals surface area (Å²) in [4.78, 5) is 16.6. The van der Waals surface area contributed by atoms with Gasteiger partial charge in [0.2, 0.25) is 6.08 Å². The first-order valence-electron chi connectivity index (χ1n) is 5.99. The van der Waals surface area contributed by atoms with E-state index in [2.05, 4.69) is 48.3 Å². The summed E-state index contributed by atoms with van der Waals surface area (Å²) in [5.41, 5.74) is 2.16. The third kappa shape index (κ3) is 2.46. The molecule has 0 radical (unpaired) electrons. The Balaban J connectivity index is 2.19. The molecular weight excluding hydrogens is 212 g/mol. The highest BCUT2D eigenvalue weighted by molar-refractivity contribution is 5.40. The second-order valence-corrected chi connectivity index (χ2v) is 5.02. The zero-order valence-corrected chi connectivity index (χ0v) is 10.4. The van der Waals surface area contributed by atoms with E-state index in [4.69, 9.17) is 0 Å². The number of isocyanates is 1. The molecule has 0 atom stereocenters. The predicted octanol–water partition coefficient (Wildman–Crippen LogP) is 2.46. The molecule has 0 heterocycles. The van der Waals surface area contributed by atoms with E-state index in [1.165, 1.54) is 5.56 Å². The maximum atomic E-state index is 10.5. The molecule has 0 aliphatic heterocycles. The predicted molar refractivity (Wildman–Crippen MR) is 67.5 cm³/mol. The summed E-state index contributed by atoms with van der Waals surface area (Å²) in [5.74, 6) is 0. The van der Waals surface area contributed by atoms with Gasteiger partial charge in [-0.05, 0) is 44.5 Å². The lowest BCUT2D eigenvalue weighted by Crippen LogP contribution is -2.31. The van der Waals surface area contributed by atoms with Crippen molar-refractivity contribution in [1.82, 2.24) is 4.90 Å². The van der Waals surface area contributed by atoms with Gasteiger partial charge in [-0.15, -0.1) is 0 Å². The van der Waals surface area contributed by atoms with Crippen molar-refractivity contribution in [1.29, 1.82) is 0 Å². The summed E-state index contributed by atoms with van der Waals surface area (Å²) >= 11 is 0. The van der Waals surface area contributed by atoms with Crippen LogP contribution in [-0.4, -0.2) is 25.1 Å². The Kier molecular flexibility index (Phi) is 3.41. The number of aliphatic imine (C=N–C) groups is 1. The van der Waals surface area contributed by atoms with Gasteiger partial charge >= 0.3 is 0 Å². The monoisotopic (exact) mass is 230 g/mol. The minimum atomic E-state index is -0.265. The maximum Gasteiger partial charge on any atom is 0.235 e. The highest BCUT2D eigenvalue weighted by Crippen LogP contribution is 2.44. The summed E-state index contributed by atoms with van der Waals surface area (Å²) in [6.07, 6.45) is 4.80. The van der Waals surface area contributed by atoms with Crippen LogP contribution < -0.4 is 0 Å². The zero-order chi connectivity index (χ0) is 12.3. The Morgan fingerprint density at radius 2 is 1.94 bits per heavy atom. The zero-order valence-electron chi connectivity index (χ0n) is 10.4. The van der Waals surface area contributed by atoms with Gasteiger partial charge in [-0.2, -0.15) is 4.99 Å². The molecule has 0 aromatic heterocycles. The molecule has 1 aliphatic rings. The molecule has 1 aromatic carbocycles. The lowest BCUT2D eigenvalue weighted by Gasteiger charge is -2.37. The second kappa shape index (κ2) is 4.82.